The van der Waals surface area contributed by atoms with E-state index in [9.17, 15) is 4.79 Å². The lowest BCUT2D eigenvalue weighted by Gasteiger charge is -2.23. The molecule has 1 aromatic heterocycles. The lowest BCUT2D eigenvalue weighted by Crippen LogP contribution is -2.31. The van der Waals surface area contributed by atoms with Gasteiger partial charge in [0.05, 0.1) is 24.8 Å². The zero-order chi connectivity index (χ0) is 24.8. The average molecular weight is 469 g/mol. The van der Waals surface area contributed by atoms with Crippen LogP contribution in [-0.4, -0.2) is 17.7 Å². The van der Waals surface area contributed by atoms with E-state index >= 15 is 0 Å². The fraction of sp³-hybridized carbons (Fsp3) is 0.267. The molecule has 35 heavy (non-hydrogen) atoms. The van der Waals surface area contributed by atoms with E-state index in [2.05, 4.69) is 48.6 Å². The van der Waals surface area contributed by atoms with Crippen LogP contribution in [0.1, 0.15) is 50.9 Å². The number of benzene rings is 3. The molecule has 1 heterocycles. The number of aromatic nitrogens is 1. The number of hydrogen-bond donors (Lipinski definition) is 1. The van der Waals surface area contributed by atoms with Gasteiger partial charge in [-0.3, -0.25) is 4.79 Å². The van der Waals surface area contributed by atoms with Gasteiger partial charge in [-0.05, 0) is 67.6 Å². The molecular weight excluding hydrogens is 436 g/mol. The van der Waals surface area contributed by atoms with E-state index in [0.29, 0.717) is 13.0 Å². The molecule has 0 aliphatic heterocycles. The molecule has 4 aromatic rings. The van der Waals surface area contributed by atoms with Crippen molar-refractivity contribution in [1.29, 1.82) is 0 Å². The fourth-order valence-electron chi connectivity index (χ4n) is 4.38. The first-order chi connectivity index (χ1) is 16.9. The number of carbonyl (C=O) groups is 1. The van der Waals surface area contributed by atoms with Crippen LogP contribution >= 0.6 is 0 Å². The molecule has 1 N–H and O–H groups in total. The summed E-state index contributed by atoms with van der Waals surface area (Å²) in [5.74, 6) is 1.59. The van der Waals surface area contributed by atoms with E-state index < -0.39 is 0 Å². The lowest BCUT2D eigenvalue weighted by atomic mass is 9.92. The van der Waals surface area contributed by atoms with Crippen LogP contribution in [0.2, 0.25) is 0 Å². The molecule has 0 radical (unpaired) electrons. The van der Waals surface area contributed by atoms with Crippen LogP contribution in [0.15, 0.2) is 77.3 Å². The Bertz CT molecular complexity index is 1230. The number of hydrogen-bond acceptors (Lipinski definition) is 4. The summed E-state index contributed by atoms with van der Waals surface area (Å²) < 4.78 is 11.1. The quantitative estimate of drug-likeness (QED) is 0.328. The molecule has 0 atom stereocenters. The molecule has 0 aliphatic rings. The molecule has 0 saturated heterocycles. The fourth-order valence-corrected chi connectivity index (χ4v) is 4.38. The van der Waals surface area contributed by atoms with Gasteiger partial charge < -0.3 is 14.6 Å². The van der Waals surface area contributed by atoms with Crippen LogP contribution in [-0.2, 0) is 17.6 Å². The predicted molar refractivity (Wildman–Crippen MR) is 138 cm³/mol. The normalized spacial score (nSPS) is 11.0. The molecule has 0 fully saturated rings. The topological polar surface area (TPSA) is 64.4 Å². The molecule has 0 spiro atoms. The Kier molecular flexibility index (Phi) is 7.66. The maximum atomic E-state index is 13.1. The van der Waals surface area contributed by atoms with Gasteiger partial charge in [0, 0.05) is 12.0 Å². The Morgan fingerprint density at radius 2 is 1.49 bits per heavy atom. The van der Waals surface area contributed by atoms with Crippen molar-refractivity contribution in [3.05, 3.63) is 118 Å². The maximum absolute atomic E-state index is 13.1. The summed E-state index contributed by atoms with van der Waals surface area (Å²) in [6.45, 7) is 8.55. The molecule has 0 saturated carbocycles. The standard InChI is InChI=1S/C30H32N2O3/c1-20-9-5-7-11-26(20)30(27-12-8-6-10-21(27)2)31-29(33)19-24-13-15-25(16-14-24)34-18-17-28-22(3)32-35-23(28)4/h5-16,30H,17-19H2,1-4H3,(H,31,33). The molecule has 3 aromatic carbocycles. The Morgan fingerprint density at radius 3 is 2.03 bits per heavy atom. The maximum Gasteiger partial charge on any atom is 0.225 e. The minimum absolute atomic E-state index is 0.0198. The van der Waals surface area contributed by atoms with Crippen LogP contribution in [0.4, 0.5) is 0 Å². The number of carbonyl (C=O) groups excluding carboxylic acids is 1. The molecule has 4 rings (SSSR count). The summed E-state index contributed by atoms with van der Waals surface area (Å²) in [6.07, 6.45) is 1.04. The van der Waals surface area contributed by atoms with Gasteiger partial charge in [-0.2, -0.15) is 0 Å². The van der Waals surface area contributed by atoms with Crippen molar-refractivity contribution in [2.45, 2.75) is 46.6 Å². The monoisotopic (exact) mass is 468 g/mol. The first-order valence-corrected chi connectivity index (χ1v) is 12.0. The largest absolute Gasteiger partial charge is 0.493 e. The summed E-state index contributed by atoms with van der Waals surface area (Å²) in [5.41, 5.74) is 7.46. The third-order valence-corrected chi connectivity index (χ3v) is 6.39. The number of aryl methyl sites for hydroxylation is 4. The predicted octanol–water partition coefficient (Wildman–Crippen LogP) is 5.98. The molecular formula is C30H32N2O3. The van der Waals surface area contributed by atoms with Gasteiger partial charge in [-0.1, -0.05) is 65.8 Å². The van der Waals surface area contributed by atoms with Gasteiger partial charge in [0.2, 0.25) is 5.91 Å². The van der Waals surface area contributed by atoms with Crippen LogP contribution < -0.4 is 10.1 Å². The highest BCUT2D eigenvalue weighted by atomic mass is 16.5. The van der Waals surface area contributed by atoms with E-state index in [-0.39, 0.29) is 11.9 Å². The average Bonchev–Trinajstić information content (AvgIpc) is 3.17. The SMILES string of the molecule is Cc1ccccc1C(NC(=O)Cc1ccc(OCCc2c(C)noc2C)cc1)c1ccccc1C. The van der Waals surface area contributed by atoms with Crippen molar-refractivity contribution in [3.8, 4) is 5.75 Å². The Hall–Kier alpha value is -3.86. The van der Waals surface area contributed by atoms with Gasteiger partial charge >= 0.3 is 0 Å². The molecule has 1 amide bonds. The molecule has 5 heteroatoms. The number of amides is 1. The van der Waals surface area contributed by atoms with Crippen molar-refractivity contribution in [2.75, 3.05) is 6.61 Å². The molecule has 0 unspecified atom stereocenters. The minimum atomic E-state index is -0.197. The number of nitrogens with one attached hydrogen (secondary N) is 1. The Labute approximate surface area is 207 Å². The molecule has 180 valence electrons. The second-order valence-electron chi connectivity index (χ2n) is 8.94. The second kappa shape index (κ2) is 11.0. The van der Waals surface area contributed by atoms with Gasteiger partial charge in [0.15, 0.2) is 0 Å². The van der Waals surface area contributed by atoms with Crippen LogP contribution in [0, 0.1) is 27.7 Å². The molecule has 0 aliphatic carbocycles. The zero-order valence-electron chi connectivity index (χ0n) is 20.8. The third-order valence-electron chi connectivity index (χ3n) is 6.39. The molecule has 5 nitrogen and oxygen atoms in total. The summed E-state index contributed by atoms with van der Waals surface area (Å²) in [6, 6.07) is 23.9. The van der Waals surface area contributed by atoms with Gasteiger partial charge in [-0.25, -0.2) is 0 Å². The lowest BCUT2D eigenvalue weighted by molar-refractivity contribution is -0.120. The van der Waals surface area contributed by atoms with Crippen molar-refractivity contribution >= 4 is 5.91 Å². The van der Waals surface area contributed by atoms with Crippen LogP contribution in [0.25, 0.3) is 0 Å². The number of nitrogens with zero attached hydrogens (tertiary/aromatic N) is 1. The van der Waals surface area contributed by atoms with E-state index in [1.165, 1.54) is 0 Å². The van der Waals surface area contributed by atoms with Crippen molar-refractivity contribution < 1.29 is 14.1 Å². The van der Waals surface area contributed by atoms with Crippen molar-refractivity contribution in [3.63, 3.8) is 0 Å². The molecule has 0 bridgehead atoms. The minimum Gasteiger partial charge on any atom is -0.493 e. The van der Waals surface area contributed by atoms with Crippen LogP contribution in [0.5, 0.6) is 5.75 Å². The summed E-state index contributed by atoms with van der Waals surface area (Å²) in [5, 5.41) is 7.25. The number of rotatable bonds is 9. The van der Waals surface area contributed by atoms with E-state index in [1.54, 1.807) is 0 Å². The van der Waals surface area contributed by atoms with Gasteiger partial charge in [0.25, 0.3) is 0 Å². The highest BCUT2D eigenvalue weighted by molar-refractivity contribution is 5.79. The summed E-state index contributed by atoms with van der Waals surface area (Å²) in [7, 11) is 0. The third kappa shape index (κ3) is 5.99. The summed E-state index contributed by atoms with van der Waals surface area (Å²) in [4.78, 5) is 13.1. The highest BCUT2D eigenvalue weighted by Gasteiger charge is 2.20. The van der Waals surface area contributed by atoms with E-state index in [0.717, 1.165) is 57.0 Å². The number of ether oxygens (including phenoxy) is 1. The highest BCUT2D eigenvalue weighted by Crippen LogP contribution is 2.27. The first-order valence-electron chi connectivity index (χ1n) is 12.0. The Morgan fingerprint density at radius 1 is 0.886 bits per heavy atom. The smallest absolute Gasteiger partial charge is 0.225 e. The first kappa shape index (κ1) is 24.3. The van der Waals surface area contributed by atoms with Crippen molar-refractivity contribution in [2.24, 2.45) is 0 Å². The summed E-state index contributed by atoms with van der Waals surface area (Å²) >= 11 is 0. The second-order valence-corrected chi connectivity index (χ2v) is 8.94. The van der Waals surface area contributed by atoms with E-state index in [1.807, 2.05) is 62.4 Å². The van der Waals surface area contributed by atoms with Crippen molar-refractivity contribution in [1.82, 2.24) is 10.5 Å². The van der Waals surface area contributed by atoms with E-state index in [4.69, 9.17) is 9.26 Å². The van der Waals surface area contributed by atoms with Gasteiger partial charge in [-0.15, -0.1) is 0 Å². The zero-order valence-corrected chi connectivity index (χ0v) is 20.8. The van der Waals surface area contributed by atoms with Crippen LogP contribution in [0.3, 0.4) is 0 Å². The Balaban J connectivity index is 1.40. The van der Waals surface area contributed by atoms with Gasteiger partial charge in [0.1, 0.15) is 11.5 Å².